The molecule has 0 aliphatic carbocycles. The first kappa shape index (κ1) is 13.4. The molecule has 0 radical (unpaired) electrons. The number of hydrogen-bond acceptors (Lipinski definition) is 3. The summed E-state index contributed by atoms with van der Waals surface area (Å²) in [5.74, 6) is 0.215. The maximum absolute atomic E-state index is 10.4. The van der Waals surface area contributed by atoms with Gasteiger partial charge in [-0.15, -0.1) is 0 Å². The van der Waals surface area contributed by atoms with Gasteiger partial charge < -0.3 is 15.5 Å². The maximum atomic E-state index is 10.4. The molecule has 0 amide bonds. The molecule has 3 heteroatoms. The van der Waals surface area contributed by atoms with Crippen molar-refractivity contribution < 1.29 is 10.2 Å². The monoisotopic (exact) mass is 249 g/mol. The number of phenolic OH excluding ortho intramolecular Hbond substituents is 1. The Kier molecular flexibility index (Phi) is 4.61. The average Bonchev–Trinajstić information content (AvgIpc) is 2.39. The standard InChI is InChI=1S/C15H23NO2/c1-2-5-12-7-4-9-14(16-12)15(18)11-6-3-8-13(17)10-11/h3,6,8,10,12,14-18H,2,4-5,7,9H2,1H3/t12-,14-,15?/m1/s1. The van der Waals surface area contributed by atoms with Crippen LogP contribution < -0.4 is 5.32 Å². The number of hydrogen-bond donors (Lipinski definition) is 3. The third-order valence-electron chi connectivity index (χ3n) is 3.75. The Balaban J connectivity index is 2.02. The van der Waals surface area contributed by atoms with E-state index in [1.807, 2.05) is 6.07 Å². The Morgan fingerprint density at radius 2 is 2.22 bits per heavy atom. The molecule has 1 fully saturated rings. The van der Waals surface area contributed by atoms with E-state index in [-0.39, 0.29) is 11.8 Å². The summed E-state index contributed by atoms with van der Waals surface area (Å²) in [6.45, 7) is 2.19. The van der Waals surface area contributed by atoms with Crippen LogP contribution in [0.2, 0.25) is 0 Å². The van der Waals surface area contributed by atoms with Crippen molar-refractivity contribution in [1.29, 1.82) is 0 Å². The Hall–Kier alpha value is -1.06. The van der Waals surface area contributed by atoms with Gasteiger partial charge in [-0.2, -0.15) is 0 Å². The number of aromatic hydroxyl groups is 1. The Bertz CT molecular complexity index is 379. The van der Waals surface area contributed by atoms with Crippen LogP contribution in [0.1, 0.15) is 50.7 Å². The van der Waals surface area contributed by atoms with Crippen LogP contribution in [0.4, 0.5) is 0 Å². The minimum absolute atomic E-state index is 0.108. The first-order valence-electron chi connectivity index (χ1n) is 6.93. The van der Waals surface area contributed by atoms with E-state index >= 15 is 0 Å². The van der Waals surface area contributed by atoms with Gasteiger partial charge in [-0.25, -0.2) is 0 Å². The van der Waals surface area contributed by atoms with Crippen LogP contribution in [0, 0.1) is 0 Å². The quantitative estimate of drug-likeness (QED) is 0.769. The fourth-order valence-corrected chi connectivity index (χ4v) is 2.82. The zero-order valence-electron chi connectivity index (χ0n) is 11.0. The summed E-state index contributed by atoms with van der Waals surface area (Å²) in [6, 6.07) is 7.56. The van der Waals surface area contributed by atoms with Crippen LogP contribution in [0.25, 0.3) is 0 Å². The van der Waals surface area contributed by atoms with Crippen LogP contribution >= 0.6 is 0 Å². The lowest BCUT2D eigenvalue weighted by atomic mass is 9.90. The summed E-state index contributed by atoms with van der Waals surface area (Å²) in [5, 5.41) is 23.4. The second-order valence-electron chi connectivity index (χ2n) is 5.23. The van der Waals surface area contributed by atoms with Crippen molar-refractivity contribution in [1.82, 2.24) is 5.32 Å². The van der Waals surface area contributed by atoms with E-state index in [2.05, 4.69) is 12.2 Å². The number of piperidine rings is 1. The van der Waals surface area contributed by atoms with Gasteiger partial charge in [-0.05, 0) is 37.0 Å². The Morgan fingerprint density at radius 1 is 1.39 bits per heavy atom. The smallest absolute Gasteiger partial charge is 0.115 e. The summed E-state index contributed by atoms with van der Waals surface area (Å²) >= 11 is 0. The van der Waals surface area contributed by atoms with Gasteiger partial charge in [0.1, 0.15) is 5.75 Å². The lowest BCUT2D eigenvalue weighted by Crippen LogP contribution is -2.45. The molecule has 2 rings (SSSR count). The fourth-order valence-electron chi connectivity index (χ4n) is 2.82. The molecule has 1 aromatic rings. The summed E-state index contributed by atoms with van der Waals surface area (Å²) in [5.41, 5.74) is 0.796. The highest BCUT2D eigenvalue weighted by molar-refractivity contribution is 5.29. The van der Waals surface area contributed by atoms with Gasteiger partial charge in [0.15, 0.2) is 0 Å². The first-order valence-corrected chi connectivity index (χ1v) is 6.93. The van der Waals surface area contributed by atoms with Crippen molar-refractivity contribution in [2.24, 2.45) is 0 Å². The highest BCUT2D eigenvalue weighted by Crippen LogP contribution is 2.27. The van der Waals surface area contributed by atoms with Gasteiger partial charge in [0.25, 0.3) is 0 Å². The van der Waals surface area contributed by atoms with Crippen LogP contribution in [-0.4, -0.2) is 22.3 Å². The minimum atomic E-state index is -0.531. The number of nitrogens with one attached hydrogen (secondary N) is 1. The summed E-state index contributed by atoms with van der Waals surface area (Å²) in [7, 11) is 0. The molecule has 3 N–H and O–H groups in total. The van der Waals surface area contributed by atoms with Gasteiger partial charge in [-0.3, -0.25) is 0 Å². The Labute approximate surface area is 109 Å². The molecule has 3 atom stereocenters. The molecule has 0 saturated carbocycles. The number of rotatable bonds is 4. The molecule has 3 nitrogen and oxygen atoms in total. The predicted molar refractivity (Wildman–Crippen MR) is 72.5 cm³/mol. The summed E-state index contributed by atoms with van der Waals surface area (Å²) < 4.78 is 0. The molecule has 1 saturated heterocycles. The number of phenols is 1. The lowest BCUT2D eigenvalue weighted by molar-refractivity contribution is 0.0996. The summed E-state index contributed by atoms with van der Waals surface area (Å²) in [4.78, 5) is 0. The van der Waals surface area contributed by atoms with Crippen LogP contribution in [0.3, 0.4) is 0 Å². The average molecular weight is 249 g/mol. The highest BCUT2D eigenvalue weighted by Gasteiger charge is 2.27. The maximum Gasteiger partial charge on any atom is 0.115 e. The molecular weight excluding hydrogens is 226 g/mol. The Morgan fingerprint density at radius 3 is 2.94 bits per heavy atom. The lowest BCUT2D eigenvalue weighted by Gasteiger charge is -2.34. The molecule has 0 aromatic heterocycles. The van der Waals surface area contributed by atoms with Gasteiger partial charge in [-0.1, -0.05) is 31.9 Å². The second-order valence-corrected chi connectivity index (χ2v) is 5.23. The van der Waals surface area contributed by atoms with Crippen LogP contribution in [0.15, 0.2) is 24.3 Å². The summed E-state index contributed by atoms with van der Waals surface area (Å²) in [6.07, 6.45) is 5.18. The third-order valence-corrected chi connectivity index (χ3v) is 3.75. The third kappa shape index (κ3) is 3.24. The molecule has 18 heavy (non-hydrogen) atoms. The zero-order chi connectivity index (χ0) is 13.0. The van der Waals surface area contributed by atoms with Crippen molar-refractivity contribution in [3.05, 3.63) is 29.8 Å². The first-order chi connectivity index (χ1) is 8.70. The molecule has 0 spiro atoms. The second kappa shape index (κ2) is 6.21. The fraction of sp³-hybridized carbons (Fsp3) is 0.600. The van der Waals surface area contributed by atoms with E-state index in [0.717, 1.165) is 18.4 Å². The highest BCUT2D eigenvalue weighted by atomic mass is 16.3. The zero-order valence-corrected chi connectivity index (χ0v) is 11.0. The van der Waals surface area contributed by atoms with Crippen molar-refractivity contribution >= 4 is 0 Å². The van der Waals surface area contributed by atoms with Crippen molar-refractivity contribution in [2.45, 2.75) is 57.2 Å². The van der Waals surface area contributed by atoms with Gasteiger partial charge >= 0.3 is 0 Å². The molecular formula is C15H23NO2. The van der Waals surface area contributed by atoms with Crippen molar-refractivity contribution in [2.75, 3.05) is 0 Å². The van der Waals surface area contributed by atoms with E-state index < -0.39 is 6.10 Å². The van der Waals surface area contributed by atoms with Crippen molar-refractivity contribution in [3.8, 4) is 5.75 Å². The molecule has 1 aromatic carbocycles. The van der Waals surface area contributed by atoms with E-state index in [4.69, 9.17) is 0 Å². The van der Waals surface area contributed by atoms with E-state index in [0.29, 0.717) is 6.04 Å². The molecule has 0 bridgehead atoms. The van der Waals surface area contributed by atoms with Gasteiger partial charge in [0, 0.05) is 12.1 Å². The van der Waals surface area contributed by atoms with Gasteiger partial charge in [0.05, 0.1) is 6.10 Å². The number of aliphatic hydroxyl groups is 1. The largest absolute Gasteiger partial charge is 0.508 e. The molecule has 1 unspecified atom stereocenters. The van der Waals surface area contributed by atoms with E-state index in [1.54, 1.807) is 18.2 Å². The topological polar surface area (TPSA) is 52.5 Å². The van der Waals surface area contributed by atoms with Crippen LogP contribution in [-0.2, 0) is 0 Å². The minimum Gasteiger partial charge on any atom is -0.508 e. The number of aliphatic hydroxyl groups excluding tert-OH is 1. The molecule has 1 aliphatic rings. The van der Waals surface area contributed by atoms with Gasteiger partial charge in [0.2, 0.25) is 0 Å². The van der Waals surface area contributed by atoms with Crippen molar-refractivity contribution in [3.63, 3.8) is 0 Å². The molecule has 1 heterocycles. The molecule has 1 aliphatic heterocycles. The van der Waals surface area contributed by atoms with E-state index in [1.165, 1.54) is 19.3 Å². The van der Waals surface area contributed by atoms with Crippen LogP contribution in [0.5, 0.6) is 5.75 Å². The predicted octanol–water partition coefficient (Wildman–Crippen LogP) is 2.74. The SMILES string of the molecule is CCC[C@@H]1CCC[C@H](C(O)c2cccc(O)c2)N1. The number of benzene rings is 1. The normalized spacial score (nSPS) is 25.9. The molecule has 100 valence electrons. The van der Waals surface area contributed by atoms with E-state index in [9.17, 15) is 10.2 Å².